The Balaban J connectivity index is 2.44. The normalized spacial score (nSPS) is 30.8. The smallest absolute Gasteiger partial charge is 0.102 e. The summed E-state index contributed by atoms with van der Waals surface area (Å²) in [5, 5.41) is 10.7. The van der Waals surface area contributed by atoms with E-state index in [1.165, 1.54) is 5.56 Å². The molecule has 1 aromatic rings. The standard InChI is InChI=1S/C12H15BrOS/c1-8-5-10(13)3-4-11(8)12(14)7-15-6-9(12)2/h3-5,9,14H,6-7H2,1-2H3/t9-,12+/m1/s1. The van der Waals surface area contributed by atoms with Gasteiger partial charge in [0.05, 0.1) is 0 Å². The molecular weight excluding hydrogens is 272 g/mol. The van der Waals surface area contributed by atoms with Crippen LogP contribution in [0.1, 0.15) is 18.1 Å². The maximum atomic E-state index is 10.7. The van der Waals surface area contributed by atoms with Gasteiger partial charge >= 0.3 is 0 Å². The molecule has 2 atom stereocenters. The van der Waals surface area contributed by atoms with Crippen molar-refractivity contribution in [2.45, 2.75) is 19.4 Å². The molecule has 0 bridgehead atoms. The predicted octanol–water partition coefficient (Wildman–Crippen LogP) is 3.33. The summed E-state index contributed by atoms with van der Waals surface area (Å²) in [6, 6.07) is 6.13. The Bertz CT molecular complexity index is 380. The molecule has 1 N–H and O–H groups in total. The molecule has 1 aliphatic rings. The molecular formula is C12H15BrOS. The van der Waals surface area contributed by atoms with Gasteiger partial charge in [-0.3, -0.25) is 0 Å². The van der Waals surface area contributed by atoms with E-state index in [-0.39, 0.29) is 0 Å². The molecule has 0 saturated carbocycles. The number of aryl methyl sites for hydroxylation is 1. The molecule has 0 aliphatic carbocycles. The van der Waals surface area contributed by atoms with Gasteiger partial charge in [0.25, 0.3) is 0 Å². The van der Waals surface area contributed by atoms with Crippen molar-refractivity contribution in [3.8, 4) is 0 Å². The average Bonchev–Trinajstić information content (AvgIpc) is 2.47. The summed E-state index contributed by atoms with van der Waals surface area (Å²) in [6.45, 7) is 4.19. The molecule has 1 aliphatic heterocycles. The summed E-state index contributed by atoms with van der Waals surface area (Å²) in [5.74, 6) is 2.20. The van der Waals surface area contributed by atoms with Gasteiger partial charge in [-0.15, -0.1) is 0 Å². The van der Waals surface area contributed by atoms with Gasteiger partial charge < -0.3 is 5.11 Å². The first-order chi connectivity index (χ1) is 7.04. The van der Waals surface area contributed by atoms with Crippen LogP contribution in [0.5, 0.6) is 0 Å². The monoisotopic (exact) mass is 286 g/mol. The van der Waals surface area contributed by atoms with Crippen molar-refractivity contribution < 1.29 is 5.11 Å². The van der Waals surface area contributed by atoms with Gasteiger partial charge in [-0.05, 0) is 41.9 Å². The van der Waals surface area contributed by atoms with Gasteiger partial charge in [-0.1, -0.05) is 28.9 Å². The van der Waals surface area contributed by atoms with Crippen LogP contribution in [0.3, 0.4) is 0 Å². The number of hydrogen-bond acceptors (Lipinski definition) is 2. The molecule has 82 valence electrons. The highest BCUT2D eigenvalue weighted by Crippen LogP contribution is 2.42. The Labute approximate surface area is 103 Å². The van der Waals surface area contributed by atoms with Crippen LogP contribution in [0.4, 0.5) is 0 Å². The Hall–Kier alpha value is 0.01000. The van der Waals surface area contributed by atoms with E-state index in [9.17, 15) is 5.11 Å². The van der Waals surface area contributed by atoms with Gasteiger partial charge in [0, 0.05) is 10.2 Å². The van der Waals surface area contributed by atoms with E-state index < -0.39 is 5.60 Å². The first-order valence-electron chi connectivity index (χ1n) is 5.11. The highest BCUT2D eigenvalue weighted by molar-refractivity contribution is 9.10. The van der Waals surface area contributed by atoms with Crippen LogP contribution in [0.15, 0.2) is 22.7 Å². The van der Waals surface area contributed by atoms with Crippen molar-refractivity contribution in [1.29, 1.82) is 0 Å². The third-order valence-electron chi connectivity index (χ3n) is 3.16. The largest absolute Gasteiger partial charge is 0.384 e. The molecule has 0 unspecified atom stereocenters. The van der Waals surface area contributed by atoms with E-state index in [2.05, 4.69) is 35.8 Å². The highest BCUT2D eigenvalue weighted by Gasteiger charge is 2.41. The van der Waals surface area contributed by atoms with Crippen molar-refractivity contribution in [3.63, 3.8) is 0 Å². The minimum Gasteiger partial charge on any atom is -0.384 e. The van der Waals surface area contributed by atoms with Crippen molar-refractivity contribution in [2.24, 2.45) is 5.92 Å². The number of halogens is 1. The van der Waals surface area contributed by atoms with Crippen LogP contribution in [0.25, 0.3) is 0 Å². The number of rotatable bonds is 1. The molecule has 0 aromatic heterocycles. The topological polar surface area (TPSA) is 20.2 Å². The second-order valence-electron chi connectivity index (χ2n) is 4.30. The lowest BCUT2D eigenvalue weighted by Crippen LogP contribution is -2.33. The molecule has 3 heteroatoms. The fraction of sp³-hybridized carbons (Fsp3) is 0.500. The second kappa shape index (κ2) is 4.11. The van der Waals surface area contributed by atoms with Crippen molar-refractivity contribution in [2.75, 3.05) is 11.5 Å². The maximum Gasteiger partial charge on any atom is 0.102 e. The fourth-order valence-corrected chi connectivity index (χ4v) is 4.10. The predicted molar refractivity (Wildman–Crippen MR) is 69.3 cm³/mol. The summed E-state index contributed by atoms with van der Waals surface area (Å²) >= 11 is 5.29. The van der Waals surface area contributed by atoms with E-state index in [4.69, 9.17) is 0 Å². The van der Waals surface area contributed by atoms with Gasteiger partial charge in [-0.2, -0.15) is 11.8 Å². The number of hydrogen-bond donors (Lipinski definition) is 1. The number of thioether (sulfide) groups is 1. The van der Waals surface area contributed by atoms with Gasteiger partial charge in [0.1, 0.15) is 5.60 Å². The molecule has 0 amide bonds. The molecule has 0 radical (unpaired) electrons. The first kappa shape index (κ1) is 11.5. The van der Waals surface area contributed by atoms with E-state index in [0.29, 0.717) is 5.92 Å². The maximum absolute atomic E-state index is 10.7. The van der Waals surface area contributed by atoms with Gasteiger partial charge in [0.15, 0.2) is 0 Å². The first-order valence-corrected chi connectivity index (χ1v) is 7.05. The van der Waals surface area contributed by atoms with Crippen molar-refractivity contribution >= 4 is 27.7 Å². The van der Waals surface area contributed by atoms with Gasteiger partial charge in [-0.25, -0.2) is 0 Å². The minimum absolute atomic E-state index is 0.336. The molecule has 1 heterocycles. The fourth-order valence-electron chi connectivity index (χ4n) is 2.13. The number of aliphatic hydroxyl groups is 1. The van der Waals surface area contributed by atoms with Crippen LogP contribution in [-0.4, -0.2) is 16.6 Å². The molecule has 0 spiro atoms. The lowest BCUT2D eigenvalue weighted by atomic mass is 9.83. The van der Waals surface area contributed by atoms with Crippen molar-refractivity contribution in [1.82, 2.24) is 0 Å². The molecule has 15 heavy (non-hydrogen) atoms. The SMILES string of the molecule is Cc1cc(Br)ccc1[C@]1(O)CSC[C@H]1C. The van der Waals surface area contributed by atoms with E-state index >= 15 is 0 Å². The third kappa shape index (κ3) is 1.97. The average molecular weight is 287 g/mol. The zero-order valence-corrected chi connectivity index (χ0v) is 11.4. The van der Waals surface area contributed by atoms with Crippen LogP contribution in [-0.2, 0) is 5.60 Å². The summed E-state index contributed by atoms with van der Waals surface area (Å²) in [5.41, 5.74) is 1.62. The zero-order valence-electron chi connectivity index (χ0n) is 8.96. The van der Waals surface area contributed by atoms with E-state index in [1.807, 2.05) is 23.9 Å². The summed E-state index contributed by atoms with van der Waals surface area (Å²) in [7, 11) is 0. The lowest BCUT2D eigenvalue weighted by Gasteiger charge is -2.29. The number of benzene rings is 1. The Morgan fingerprint density at radius 1 is 1.53 bits per heavy atom. The summed E-state index contributed by atoms with van der Waals surface area (Å²) in [4.78, 5) is 0. The van der Waals surface area contributed by atoms with Crippen LogP contribution >= 0.6 is 27.7 Å². The van der Waals surface area contributed by atoms with Gasteiger partial charge in [0.2, 0.25) is 0 Å². The van der Waals surface area contributed by atoms with Crippen molar-refractivity contribution in [3.05, 3.63) is 33.8 Å². The summed E-state index contributed by atoms with van der Waals surface area (Å²) < 4.78 is 1.07. The highest BCUT2D eigenvalue weighted by atomic mass is 79.9. The van der Waals surface area contributed by atoms with E-state index in [0.717, 1.165) is 21.5 Å². The molecule has 1 saturated heterocycles. The molecule has 1 fully saturated rings. The summed E-state index contributed by atoms with van der Waals surface area (Å²) in [6.07, 6.45) is 0. The van der Waals surface area contributed by atoms with Crippen LogP contribution in [0.2, 0.25) is 0 Å². The minimum atomic E-state index is -0.630. The third-order valence-corrected chi connectivity index (χ3v) is 5.03. The zero-order chi connectivity index (χ0) is 11.1. The Kier molecular flexibility index (Phi) is 3.15. The molecule has 1 nitrogen and oxygen atoms in total. The molecule has 2 rings (SSSR count). The second-order valence-corrected chi connectivity index (χ2v) is 6.25. The Morgan fingerprint density at radius 2 is 2.27 bits per heavy atom. The Morgan fingerprint density at radius 3 is 2.80 bits per heavy atom. The molecule has 1 aromatic carbocycles. The van der Waals surface area contributed by atoms with Crippen LogP contribution < -0.4 is 0 Å². The quantitative estimate of drug-likeness (QED) is 0.855. The lowest BCUT2D eigenvalue weighted by molar-refractivity contribution is 0.0228. The van der Waals surface area contributed by atoms with Crippen LogP contribution in [0, 0.1) is 12.8 Å². The van der Waals surface area contributed by atoms with E-state index in [1.54, 1.807) is 0 Å².